The summed E-state index contributed by atoms with van der Waals surface area (Å²) in [6.07, 6.45) is 5.63. The van der Waals surface area contributed by atoms with Gasteiger partial charge in [-0.3, -0.25) is 0 Å². The van der Waals surface area contributed by atoms with Gasteiger partial charge in [-0.2, -0.15) is 10.1 Å². The fourth-order valence-electron chi connectivity index (χ4n) is 2.99. The number of fused-ring (bicyclic) bond motifs is 1. The molecule has 4 aromatic rings. The predicted octanol–water partition coefficient (Wildman–Crippen LogP) is 2.79. The fourth-order valence-corrected chi connectivity index (χ4v) is 3.35. The van der Waals surface area contributed by atoms with Gasteiger partial charge >= 0.3 is 0 Å². The molecule has 0 radical (unpaired) electrons. The molecule has 0 saturated heterocycles. The Balaban J connectivity index is 1.60. The van der Waals surface area contributed by atoms with Crippen LogP contribution in [0.1, 0.15) is 5.89 Å². The molecule has 0 aliphatic heterocycles. The van der Waals surface area contributed by atoms with E-state index in [1.54, 1.807) is 10.7 Å². The monoisotopic (exact) mass is 424 g/mol. The minimum atomic E-state index is 0.536. The van der Waals surface area contributed by atoms with Crippen molar-refractivity contribution in [2.45, 2.75) is 6.54 Å². The fraction of sp³-hybridized carbons (Fsp3) is 0.300. The van der Waals surface area contributed by atoms with Gasteiger partial charge < -0.3 is 19.5 Å². The molecule has 156 valence electrons. The lowest BCUT2D eigenvalue weighted by Crippen LogP contribution is -2.26. The maximum Gasteiger partial charge on any atom is 0.240 e. The van der Waals surface area contributed by atoms with Gasteiger partial charge in [0, 0.05) is 42.4 Å². The molecule has 0 saturated carbocycles. The van der Waals surface area contributed by atoms with Crippen LogP contribution in [0.5, 0.6) is 0 Å². The lowest BCUT2D eigenvalue weighted by Gasteiger charge is -2.08. The van der Waals surface area contributed by atoms with Crippen LogP contribution in [-0.4, -0.2) is 63.1 Å². The third-order valence-corrected chi connectivity index (χ3v) is 4.86. The SMILES string of the molecule is CSNc1cc(-c2cn3ncccc3n2)cc(-c2noc(CNCCN(C)C)n2)c1. The van der Waals surface area contributed by atoms with E-state index in [1.165, 1.54) is 11.9 Å². The van der Waals surface area contributed by atoms with Crippen molar-refractivity contribution >= 4 is 23.3 Å². The van der Waals surface area contributed by atoms with Gasteiger partial charge in [-0.1, -0.05) is 17.1 Å². The van der Waals surface area contributed by atoms with Crippen LogP contribution in [0, 0.1) is 0 Å². The Morgan fingerprint density at radius 2 is 2.03 bits per heavy atom. The van der Waals surface area contributed by atoms with Crippen LogP contribution in [0.2, 0.25) is 0 Å². The maximum absolute atomic E-state index is 5.43. The number of hydrogen-bond donors (Lipinski definition) is 2. The van der Waals surface area contributed by atoms with Crippen molar-refractivity contribution in [2.75, 3.05) is 38.2 Å². The van der Waals surface area contributed by atoms with E-state index < -0.39 is 0 Å². The lowest BCUT2D eigenvalue weighted by atomic mass is 10.1. The Morgan fingerprint density at radius 3 is 2.83 bits per heavy atom. The summed E-state index contributed by atoms with van der Waals surface area (Å²) >= 11 is 1.52. The molecule has 3 heterocycles. The molecule has 0 aliphatic rings. The first-order chi connectivity index (χ1) is 14.6. The van der Waals surface area contributed by atoms with Crippen LogP contribution >= 0.6 is 11.9 Å². The standard InChI is InChI=1S/C20H24N8OS/c1-27(2)8-7-21-12-19-24-20(25-29-19)15-9-14(10-16(11-15)26-30-3)17-13-28-18(23-17)5-4-6-22-28/h4-6,9-11,13,21,26H,7-8,12H2,1-3H3. The van der Waals surface area contributed by atoms with Gasteiger partial charge in [0.05, 0.1) is 18.4 Å². The summed E-state index contributed by atoms with van der Waals surface area (Å²) in [5, 5.41) is 11.8. The van der Waals surface area contributed by atoms with Gasteiger partial charge in [0.1, 0.15) is 0 Å². The third-order valence-electron chi connectivity index (χ3n) is 4.42. The molecular weight excluding hydrogens is 400 g/mol. The molecule has 9 nitrogen and oxygen atoms in total. The number of imidazole rings is 1. The zero-order valence-corrected chi connectivity index (χ0v) is 18.0. The van der Waals surface area contributed by atoms with Gasteiger partial charge in [-0.25, -0.2) is 9.50 Å². The molecule has 10 heteroatoms. The number of benzene rings is 1. The molecule has 0 spiro atoms. The highest BCUT2D eigenvalue weighted by Crippen LogP contribution is 2.29. The normalized spacial score (nSPS) is 11.5. The zero-order valence-electron chi connectivity index (χ0n) is 17.2. The van der Waals surface area contributed by atoms with E-state index in [-0.39, 0.29) is 0 Å². The van der Waals surface area contributed by atoms with E-state index in [2.05, 4.69) is 35.2 Å². The smallest absolute Gasteiger partial charge is 0.240 e. The molecule has 1 aromatic carbocycles. The highest BCUT2D eigenvalue weighted by atomic mass is 32.2. The van der Waals surface area contributed by atoms with E-state index in [9.17, 15) is 0 Å². The predicted molar refractivity (Wildman–Crippen MR) is 119 cm³/mol. The molecule has 0 bridgehead atoms. The average molecular weight is 425 g/mol. The summed E-state index contributed by atoms with van der Waals surface area (Å²) in [5.41, 5.74) is 4.37. The van der Waals surface area contributed by atoms with Gasteiger partial charge in [0.25, 0.3) is 0 Å². The molecule has 2 N–H and O–H groups in total. The van der Waals surface area contributed by atoms with Crippen molar-refractivity contribution in [1.29, 1.82) is 0 Å². The van der Waals surface area contributed by atoms with Crippen LogP contribution in [-0.2, 0) is 6.54 Å². The summed E-state index contributed by atoms with van der Waals surface area (Å²) in [7, 11) is 4.08. The van der Waals surface area contributed by atoms with Crippen LogP contribution < -0.4 is 10.0 Å². The molecule has 3 aromatic heterocycles. The van der Waals surface area contributed by atoms with Gasteiger partial charge in [-0.05, 0) is 44.4 Å². The zero-order chi connectivity index (χ0) is 20.9. The van der Waals surface area contributed by atoms with Gasteiger partial charge in [-0.15, -0.1) is 0 Å². The second-order valence-electron chi connectivity index (χ2n) is 7.05. The summed E-state index contributed by atoms with van der Waals surface area (Å²) in [6.45, 7) is 2.33. The second-order valence-corrected chi connectivity index (χ2v) is 7.66. The van der Waals surface area contributed by atoms with Gasteiger partial charge in [0.15, 0.2) is 5.65 Å². The molecular formula is C20H24N8OS. The van der Waals surface area contributed by atoms with E-state index in [0.717, 1.165) is 41.2 Å². The van der Waals surface area contributed by atoms with Crippen LogP contribution in [0.15, 0.2) is 47.2 Å². The number of likely N-dealkylation sites (N-methyl/N-ethyl adjacent to an activating group) is 1. The Hall–Kier alpha value is -2.95. The molecule has 0 unspecified atom stereocenters. The first-order valence-corrected chi connectivity index (χ1v) is 10.8. The van der Waals surface area contributed by atoms with Crippen molar-refractivity contribution in [3.63, 3.8) is 0 Å². The first kappa shape index (κ1) is 20.3. The van der Waals surface area contributed by atoms with Crippen LogP contribution in [0.4, 0.5) is 5.69 Å². The average Bonchev–Trinajstić information content (AvgIpc) is 3.38. The lowest BCUT2D eigenvalue weighted by molar-refractivity contribution is 0.355. The number of rotatable bonds is 9. The molecule has 0 amide bonds. The van der Waals surface area contributed by atoms with E-state index >= 15 is 0 Å². The third kappa shape index (κ3) is 4.78. The van der Waals surface area contributed by atoms with E-state index in [1.807, 2.05) is 56.9 Å². The number of nitrogens with zero attached hydrogens (tertiary/aromatic N) is 6. The minimum Gasteiger partial charge on any atom is -0.338 e. The number of nitrogens with one attached hydrogen (secondary N) is 2. The quantitative estimate of drug-likeness (QED) is 0.310. The highest BCUT2D eigenvalue weighted by Gasteiger charge is 2.13. The van der Waals surface area contributed by atoms with Crippen molar-refractivity contribution in [3.05, 3.63) is 48.6 Å². The molecule has 30 heavy (non-hydrogen) atoms. The van der Waals surface area contributed by atoms with Crippen molar-refractivity contribution in [2.24, 2.45) is 0 Å². The van der Waals surface area contributed by atoms with Crippen molar-refractivity contribution < 1.29 is 4.52 Å². The number of hydrogen-bond acceptors (Lipinski definition) is 9. The van der Waals surface area contributed by atoms with Crippen LogP contribution in [0.25, 0.3) is 28.3 Å². The van der Waals surface area contributed by atoms with E-state index in [0.29, 0.717) is 18.3 Å². The molecule has 4 rings (SSSR count). The molecule has 0 atom stereocenters. The highest BCUT2D eigenvalue weighted by molar-refractivity contribution is 7.99. The molecule has 0 aliphatic carbocycles. The Kier molecular flexibility index (Phi) is 6.26. The number of aromatic nitrogens is 5. The Labute approximate surface area is 179 Å². The van der Waals surface area contributed by atoms with Crippen LogP contribution in [0.3, 0.4) is 0 Å². The minimum absolute atomic E-state index is 0.536. The largest absolute Gasteiger partial charge is 0.338 e. The summed E-state index contributed by atoms with van der Waals surface area (Å²) < 4.78 is 10.5. The second kappa shape index (κ2) is 9.24. The Bertz CT molecular complexity index is 1090. The Morgan fingerprint density at radius 1 is 1.17 bits per heavy atom. The van der Waals surface area contributed by atoms with Gasteiger partial charge in [0.2, 0.25) is 11.7 Å². The summed E-state index contributed by atoms with van der Waals surface area (Å²) in [5.74, 6) is 1.11. The van der Waals surface area contributed by atoms with E-state index in [4.69, 9.17) is 4.52 Å². The molecule has 0 fully saturated rings. The van der Waals surface area contributed by atoms with Crippen molar-refractivity contribution in [3.8, 4) is 22.6 Å². The summed E-state index contributed by atoms with van der Waals surface area (Å²) in [4.78, 5) is 11.3. The number of anilines is 1. The maximum atomic E-state index is 5.43. The summed E-state index contributed by atoms with van der Waals surface area (Å²) in [6, 6.07) is 9.86. The first-order valence-electron chi connectivity index (χ1n) is 9.55. The topological polar surface area (TPSA) is 96.4 Å². The van der Waals surface area contributed by atoms with Crippen molar-refractivity contribution in [1.82, 2.24) is 35.0 Å².